The van der Waals surface area contributed by atoms with Gasteiger partial charge in [-0.05, 0) is 49.8 Å². The van der Waals surface area contributed by atoms with Crippen LogP contribution in [0.5, 0.6) is 0 Å². The largest absolute Gasteiger partial charge is 0.396 e. The SMILES string of the molecule is CC1(CO)CCCC1NC(=O)c1ccc(F)c(COCC2CC2)c1. The third kappa shape index (κ3) is 3.95. The second-order valence-corrected chi connectivity index (χ2v) is 7.50. The van der Waals surface area contributed by atoms with E-state index in [1.165, 1.54) is 25.0 Å². The van der Waals surface area contributed by atoms with Crippen LogP contribution in [0.4, 0.5) is 4.39 Å². The molecule has 2 N–H and O–H groups in total. The molecule has 2 atom stereocenters. The summed E-state index contributed by atoms with van der Waals surface area (Å²) in [6, 6.07) is 4.35. The molecule has 0 aromatic heterocycles. The van der Waals surface area contributed by atoms with Crippen molar-refractivity contribution in [3.8, 4) is 0 Å². The van der Waals surface area contributed by atoms with E-state index in [1.807, 2.05) is 6.92 Å². The van der Waals surface area contributed by atoms with Crippen LogP contribution in [-0.2, 0) is 11.3 Å². The van der Waals surface area contributed by atoms with Crippen LogP contribution < -0.4 is 5.32 Å². The van der Waals surface area contributed by atoms with Gasteiger partial charge in [0.25, 0.3) is 5.91 Å². The number of amides is 1. The highest BCUT2D eigenvalue weighted by molar-refractivity contribution is 5.94. The minimum atomic E-state index is -0.344. The van der Waals surface area contributed by atoms with E-state index < -0.39 is 0 Å². The van der Waals surface area contributed by atoms with Gasteiger partial charge in [-0.2, -0.15) is 0 Å². The highest BCUT2D eigenvalue weighted by atomic mass is 19.1. The second kappa shape index (κ2) is 7.19. The number of aliphatic hydroxyl groups is 1. The Morgan fingerprint density at radius 2 is 2.21 bits per heavy atom. The quantitative estimate of drug-likeness (QED) is 0.805. The van der Waals surface area contributed by atoms with E-state index in [1.54, 1.807) is 6.07 Å². The Labute approximate surface area is 142 Å². The standard InChI is InChI=1S/C19H26FNO3/c1-19(12-22)8-2-3-17(19)21-18(23)14-6-7-16(20)15(9-14)11-24-10-13-4-5-13/h6-7,9,13,17,22H,2-5,8,10-12H2,1H3,(H,21,23). The van der Waals surface area contributed by atoms with Crippen LogP contribution in [0.3, 0.4) is 0 Å². The molecule has 1 aromatic carbocycles. The van der Waals surface area contributed by atoms with Gasteiger partial charge in [-0.3, -0.25) is 4.79 Å². The molecule has 0 spiro atoms. The number of halogens is 1. The van der Waals surface area contributed by atoms with Crippen molar-refractivity contribution in [3.05, 3.63) is 35.1 Å². The summed E-state index contributed by atoms with van der Waals surface area (Å²) in [4.78, 5) is 12.5. The number of carbonyl (C=O) groups is 1. The fourth-order valence-electron chi connectivity index (χ4n) is 3.36. The van der Waals surface area contributed by atoms with Crippen molar-refractivity contribution in [1.29, 1.82) is 0 Å². The van der Waals surface area contributed by atoms with Crippen molar-refractivity contribution in [1.82, 2.24) is 5.32 Å². The monoisotopic (exact) mass is 335 g/mol. The summed E-state index contributed by atoms with van der Waals surface area (Å²) < 4.78 is 19.4. The topological polar surface area (TPSA) is 58.6 Å². The van der Waals surface area contributed by atoms with E-state index in [-0.39, 0.29) is 36.4 Å². The van der Waals surface area contributed by atoms with Crippen molar-refractivity contribution in [2.75, 3.05) is 13.2 Å². The van der Waals surface area contributed by atoms with Crippen molar-refractivity contribution in [2.24, 2.45) is 11.3 Å². The van der Waals surface area contributed by atoms with Crippen molar-refractivity contribution in [2.45, 2.75) is 51.7 Å². The van der Waals surface area contributed by atoms with Gasteiger partial charge in [0, 0.05) is 29.2 Å². The normalized spacial score (nSPS) is 26.5. The lowest BCUT2D eigenvalue weighted by Gasteiger charge is -2.30. The van der Waals surface area contributed by atoms with Crippen LogP contribution in [0.25, 0.3) is 0 Å². The maximum atomic E-state index is 13.9. The summed E-state index contributed by atoms with van der Waals surface area (Å²) >= 11 is 0. The fraction of sp³-hybridized carbons (Fsp3) is 0.632. The highest BCUT2D eigenvalue weighted by Gasteiger charge is 2.39. The number of nitrogens with one attached hydrogen (secondary N) is 1. The first kappa shape index (κ1) is 17.4. The molecule has 2 unspecified atom stereocenters. The second-order valence-electron chi connectivity index (χ2n) is 7.50. The Hall–Kier alpha value is -1.46. The molecule has 5 heteroatoms. The van der Waals surface area contributed by atoms with Crippen LogP contribution in [0, 0.1) is 17.2 Å². The Balaban J connectivity index is 1.63. The molecule has 2 saturated carbocycles. The molecule has 0 radical (unpaired) electrons. The van der Waals surface area contributed by atoms with Crippen molar-refractivity contribution < 1.29 is 19.0 Å². The summed E-state index contributed by atoms with van der Waals surface area (Å²) in [7, 11) is 0. The zero-order valence-electron chi connectivity index (χ0n) is 14.2. The summed E-state index contributed by atoms with van der Waals surface area (Å²) in [5.41, 5.74) is 0.583. The van der Waals surface area contributed by atoms with Crippen molar-refractivity contribution >= 4 is 5.91 Å². The van der Waals surface area contributed by atoms with E-state index in [2.05, 4.69) is 5.32 Å². The number of ether oxygens (including phenoxy) is 1. The molecule has 0 saturated heterocycles. The number of hydrogen-bond acceptors (Lipinski definition) is 3. The van der Waals surface area contributed by atoms with E-state index in [4.69, 9.17) is 4.74 Å². The summed E-state index contributed by atoms with van der Waals surface area (Å²) in [6.45, 7) is 2.91. The average Bonchev–Trinajstić information content (AvgIpc) is 3.33. The predicted molar refractivity (Wildman–Crippen MR) is 89.1 cm³/mol. The lowest BCUT2D eigenvalue weighted by Crippen LogP contribution is -2.44. The summed E-state index contributed by atoms with van der Waals surface area (Å²) in [5.74, 6) is 0.0616. The fourth-order valence-corrected chi connectivity index (χ4v) is 3.36. The first-order valence-corrected chi connectivity index (χ1v) is 8.80. The Bertz CT molecular complexity index is 602. The molecule has 2 aliphatic carbocycles. The van der Waals surface area contributed by atoms with Gasteiger partial charge in [0.2, 0.25) is 0 Å². The molecule has 0 heterocycles. The molecular formula is C19H26FNO3. The maximum Gasteiger partial charge on any atom is 0.251 e. The Morgan fingerprint density at radius 3 is 2.92 bits per heavy atom. The highest BCUT2D eigenvalue weighted by Crippen LogP contribution is 2.37. The minimum absolute atomic E-state index is 0.0466. The molecule has 2 fully saturated rings. The number of benzene rings is 1. The van der Waals surface area contributed by atoms with Crippen molar-refractivity contribution in [3.63, 3.8) is 0 Å². The van der Waals surface area contributed by atoms with Gasteiger partial charge in [0.05, 0.1) is 13.2 Å². The molecule has 1 aromatic rings. The molecule has 1 amide bonds. The number of hydrogen-bond donors (Lipinski definition) is 2. The summed E-state index contributed by atoms with van der Waals surface area (Å²) in [5, 5.41) is 12.6. The smallest absolute Gasteiger partial charge is 0.251 e. The molecule has 0 bridgehead atoms. The molecule has 2 aliphatic rings. The number of aliphatic hydroxyl groups excluding tert-OH is 1. The van der Waals surface area contributed by atoms with Gasteiger partial charge in [-0.15, -0.1) is 0 Å². The number of carbonyl (C=O) groups excluding carboxylic acids is 1. The van der Waals surface area contributed by atoms with Crippen LogP contribution in [-0.4, -0.2) is 30.3 Å². The Morgan fingerprint density at radius 1 is 1.42 bits per heavy atom. The molecule has 3 rings (SSSR count). The first-order valence-electron chi connectivity index (χ1n) is 8.80. The molecule has 4 nitrogen and oxygen atoms in total. The lowest BCUT2D eigenvalue weighted by atomic mass is 9.85. The van der Waals surface area contributed by atoms with Gasteiger partial charge >= 0.3 is 0 Å². The van der Waals surface area contributed by atoms with E-state index >= 15 is 0 Å². The van der Waals surface area contributed by atoms with Gasteiger partial charge in [0.1, 0.15) is 5.82 Å². The first-order chi connectivity index (χ1) is 11.5. The van der Waals surface area contributed by atoms with Gasteiger partial charge in [0.15, 0.2) is 0 Å². The molecule has 132 valence electrons. The summed E-state index contributed by atoms with van der Waals surface area (Å²) in [6.07, 6.45) is 5.14. The van der Waals surface area contributed by atoms with Crippen LogP contribution in [0.15, 0.2) is 18.2 Å². The van der Waals surface area contributed by atoms with Gasteiger partial charge < -0.3 is 15.2 Å². The van der Waals surface area contributed by atoms with Crippen LogP contribution in [0.1, 0.15) is 54.9 Å². The predicted octanol–water partition coefficient (Wildman–Crippen LogP) is 3.03. The minimum Gasteiger partial charge on any atom is -0.396 e. The number of rotatable bonds is 7. The van der Waals surface area contributed by atoms with Gasteiger partial charge in [-0.25, -0.2) is 4.39 Å². The van der Waals surface area contributed by atoms with E-state index in [0.717, 1.165) is 19.3 Å². The molecule has 24 heavy (non-hydrogen) atoms. The van der Waals surface area contributed by atoms with Crippen LogP contribution >= 0.6 is 0 Å². The third-order valence-electron chi connectivity index (χ3n) is 5.36. The van der Waals surface area contributed by atoms with E-state index in [9.17, 15) is 14.3 Å². The Kier molecular flexibility index (Phi) is 5.21. The van der Waals surface area contributed by atoms with E-state index in [0.29, 0.717) is 23.7 Å². The molecule has 0 aliphatic heterocycles. The maximum absolute atomic E-state index is 13.9. The average molecular weight is 335 g/mol. The zero-order valence-corrected chi connectivity index (χ0v) is 14.2. The van der Waals surface area contributed by atoms with Gasteiger partial charge in [-0.1, -0.05) is 13.3 Å². The molecular weight excluding hydrogens is 309 g/mol. The third-order valence-corrected chi connectivity index (χ3v) is 5.36. The zero-order chi connectivity index (χ0) is 17.2. The lowest BCUT2D eigenvalue weighted by molar-refractivity contribution is 0.0829. The van der Waals surface area contributed by atoms with Crippen LogP contribution in [0.2, 0.25) is 0 Å².